The van der Waals surface area contributed by atoms with Gasteiger partial charge in [0.15, 0.2) is 0 Å². The van der Waals surface area contributed by atoms with Gasteiger partial charge in [-0.15, -0.1) is 0 Å². The van der Waals surface area contributed by atoms with Crippen LogP contribution in [0.1, 0.15) is 26.3 Å². The number of aromatic nitrogens is 1. The highest BCUT2D eigenvalue weighted by Crippen LogP contribution is 2.18. The van der Waals surface area contributed by atoms with Crippen molar-refractivity contribution in [2.75, 3.05) is 13.1 Å². The Kier molecular flexibility index (Phi) is 6.41. The second-order valence-electron chi connectivity index (χ2n) is 7.55. The van der Waals surface area contributed by atoms with Gasteiger partial charge in [-0.05, 0) is 24.6 Å². The fourth-order valence-electron chi connectivity index (χ4n) is 3.45. The summed E-state index contributed by atoms with van der Waals surface area (Å²) in [6.07, 6.45) is 1.77. The summed E-state index contributed by atoms with van der Waals surface area (Å²) in [5.74, 6) is -0.231. The molecule has 0 saturated carbocycles. The number of hydrogen-bond donors (Lipinski definition) is 2. The van der Waals surface area contributed by atoms with Crippen LogP contribution < -0.4 is 10.6 Å². The first kappa shape index (κ1) is 20.0. The van der Waals surface area contributed by atoms with Crippen molar-refractivity contribution in [2.24, 2.45) is 5.92 Å². The van der Waals surface area contributed by atoms with Gasteiger partial charge in [-0.3, -0.25) is 14.6 Å². The Labute approximate surface area is 166 Å². The van der Waals surface area contributed by atoms with Crippen LogP contribution in [0.25, 0.3) is 11.3 Å². The van der Waals surface area contributed by atoms with Crippen molar-refractivity contribution in [3.8, 4) is 11.3 Å². The number of rotatable bonds is 5. The van der Waals surface area contributed by atoms with Gasteiger partial charge in [-0.25, -0.2) is 0 Å². The Morgan fingerprint density at radius 2 is 1.93 bits per heavy atom. The van der Waals surface area contributed by atoms with E-state index in [1.807, 2.05) is 63.2 Å². The molecule has 0 spiro atoms. The molecule has 2 amide bonds. The maximum atomic E-state index is 12.8. The maximum absolute atomic E-state index is 12.8. The molecule has 1 aliphatic rings. The minimum Gasteiger partial charge on any atom is -0.350 e. The van der Waals surface area contributed by atoms with E-state index in [1.54, 1.807) is 11.1 Å². The SMILES string of the molecule is CC(C)C(=O)N1C(C)CNCC1C(=O)NCc1ccc(-c2ccccn2)cc1. The van der Waals surface area contributed by atoms with Gasteiger partial charge >= 0.3 is 0 Å². The van der Waals surface area contributed by atoms with Crippen molar-refractivity contribution in [1.29, 1.82) is 0 Å². The van der Waals surface area contributed by atoms with E-state index >= 15 is 0 Å². The molecule has 148 valence electrons. The highest BCUT2D eigenvalue weighted by molar-refractivity contribution is 5.89. The molecular weight excluding hydrogens is 352 g/mol. The van der Waals surface area contributed by atoms with Crippen LogP contribution in [0.2, 0.25) is 0 Å². The summed E-state index contributed by atoms with van der Waals surface area (Å²) < 4.78 is 0. The second-order valence-corrected chi connectivity index (χ2v) is 7.55. The molecule has 28 heavy (non-hydrogen) atoms. The van der Waals surface area contributed by atoms with Crippen LogP contribution >= 0.6 is 0 Å². The fourth-order valence-corrected chi connectivity index (χ4v) is 3.45. The first-order valence-corrected chi connectivity index (χ1v) is 9.78. The summed E-state index contributed by atoms with van der Waals surface area (Å²) in [6, 6.07) is 13.3. The predicted molar refractivity (Wildman–Crippen MR) is 109 cm³/mol. The molecule has 2 atom stereocenters. The molecule has 0 aliphatic carbocycles. The van der Waals surface area contributed by atoms with Crippen LogP contribution in [0.4, 0.5) is 0 Å². The van der Waals surface area contributed by atoms with Gasteiger partial charge in [-0.1, -0.05) is 44.2 Å². The van der Waals surface area contributed by atoms with Crippen LogP contribution in [0.3, 0.4) is 0 Å². The van der Waals surface area contributed by atoms with Gasteiger partial charge in [0, 0.05) is 43.4 Å². The van der Waals surface area contributed by atoms with Gasteiger partial charge in [-0.2, -0.15) is 0 Å². The number of nitrogens with zero attached hydrogens (tertiary/aromatic N) is 2. The molecule has 1 fully saturated rings. The number of hydrogen-bond acceptors (Lipinski definition) is 4. The van der Waals surface area contributed by atoms with E-state index in [0.29, 0.717) is 19.6 Å². The van der Waals surface area contributed by atoms with Crippen LogP contribution in [0.5, 0.6) is 0 Å². The molecule has 0 radical (unpaired) electrons. The zero-order chi connectivity index (χ0) is 20.1. The van der Waals surface area contributed by atoms with Gasteiger partial charge in [0.05, 0.1) is 5.69 Å². The highest BCUT2D eigenvalue weighted by Gasteiger charge is 2.36. The molecule has 6 nitrogen and oxygen atoms in total. The number of nitrogens with one attached hydrogen (secondary N) is 2. The minimum absolute atomic E-state index is 0.00273. The third-order valence-corrected chi connectivity index (χ3v) is 5.02. The largest absolute Gasteiger partial charge is 0.350 e. The zero-order valence-electron chi connectivity index (χ0n) is 16.7. The Bertz CT molecular complexity index is 805. The van der Waals surface area contributed by atoms with Crippen molar-refractivity contribution in [1.82, 2.24) is 20.5 Å². The lowest BCUT2D eigenvalue weighted by molar-refractivity contribution is -0.146. The molecular formula is C22H28N4O2. The van der Waals surface area contributed by atoms with Gasteiger partial charge in [0.2, 0.25) is 11.8 Å². The third-order valence-electron chi connectivity index (χ3n) is 5.02. The summed E-state index contributed by atoms with van der Waals surface area (Å²) in [5.41, 5.74) is 2.96. The number of benzene rings is 1. The average molecular weight is 380 g/mol. The van der Waals surface area contributed by atoms with Gasteiger partial charge in [0.1, 0.15) is 6.04 Å². The van der Waals surface area contributed by atoms with E-state index in [4.69, 9.17) is 0 Å². The summed E-state index contributed by atoms with van der Waals surface area (Å²) >= 11 is 0. The molecule has 1 saturated heterocycles. The van der Waals surface area contributed by atoms with Crippen molar-refractivity contribution in [3.05, 3.63) is 54.2 Å². The first-order chi connectivity index (χ1) is 13.5. The zero-order valence-corrected chi connectivity index (χ0v) is 16.7. The lowest BCUT2D eigenvalue weighted by atomic mass is 10.0. The van der Waals surface area contributed by atoms with Crippen molar-refractivity contribution in [3.63, 3.8) is 0 Å². The molecule has 3 rings (SSSR count). The monoisotopic (exact) mass is 380 g/mol. The summed E-state index contributed by atoms with van der Waals surface area (Å²) in [6.45, 7) is 7.33. The Morgan fingerprint density at radius 1 is 1.18 bits per heavy atom. The molecule has 1 aliphatic heterocycles. The normalized spacial score (nSPS) is 19.5. The van der Waals surface area contributed by atoms with Crippen molar-refractivity contribution < 1.29 is 9.59 Å². The van der Waals surface area contributed by atoms with Gasteiger partial charge in [0.25, 0.3) is 0 Å². The minimum atomic E-state index is -0.480. The number of carbonyl (C=O) groups excluding carboxylic acids is 2. The van der Waals surface area contributed by atoms with E-state index in [9.17, 15) is 9.59 Å². The predicted octanol–water partition coefficient (Wildman–Crippen LogP) is 2.21. The molecule has 2 unspecified atom stereocenters. The lowest BCUT2D eigenvalue weighted by Gasteiger charge is -2.41. The van der Waals surface area contributed by atoms with E-state index in [2.05, 4.69) is 15.6 Å². The molecule has 2 aromatic rings. The molecule has 1 aromatic heterocycles. The van der Waals surface area contributed by atoms with E-state index in [0.717, 1.165) is 16.8 Å². The maximum Gasteiger partial charge on any atom is 0.244 e. The first-order valence-electron chi connectivity index (χ1n) is 9.78. The summed E-state index contributed by atoms with van der Waals surface area (Å²) in [4.78, 5) is 31.5. The number of pyridine rings is 1. The third kappa shape index (κ3) is 4.57. The smallest absolute Gasteiger partial charge is 0.244 e. The van der Waals surface area contributed by atoms with Crippen LogP contribution in [0.15, 0.2) is 48.7 Å². The molecule has 0 bridgehead atoms. The quantitative estimate of drug-likeness (QED) is 0.834. The molecule has 2 heterocycles. The van der Waals surface area contributed by atoms with Gasteiger partial charge < -0.3 is 15.5 Å². The van der Waals surface area contributed by atoms with E-state index in [-0.39, 0.29) is 23.8 Å². The van der Waals surface area contributed by atoms with Crippen LogP contribution in [-0.4, -0.2) is 46.9 Å². The van der Waals surface area contributed by atoms with E-state index < -0.39 is 6.04 Å². The topological polar surface area (TPSA) is 74.3 Å². The highest BCUT2D eigenvalue weighted by atomic mass is 16.2. The number of amides is 2. The Balaban J connectivity index is 1.63. The number of carbonyl (C=O) groups is 2. The average Bonchev–Trinajstić information content (AvgIpc) is 2.72. The standard InChI is InChI=1S/C22H28N4O2/c1-15(2)22(28)26-16(3)12-23-14-20(26)21(27)25-13-17-7-9-18(10-8-17)19-6-4-5-11-24-19/h4-11,15-16,20,23H,12-14H2,1-3H3,(H,25,27). The summed E-state index contributed by atoms with van der Waals surface area (Å²) in [7, 11) is 0. The van der Waals surface area contributed by atoms with Crippen molar-refractivity contribution >= 4 is 11.8 Å². The molecule has 2 N–H and O–H groups in total. The van der Waals surface area contributed by atoms with E-state index in [1.165, 1.54) is 0 Å². The fraction of sp³-hybridized carbons (Fsp3) is 0.409. The summed E-state index contributed by atoms with van der Waals surface area (Å²) in [5, 5.41) is 6.24. The Hall–Kier alpha value is -2.73. The molecule has 6 heteroatoms. The Morgan fingerprint density at radius 3 is 2.57 bits per heavy atom. The van der Waals surface area contributed by atoms with Crippen LogP contribution in [0, 0.1) is 5.92 Å². The molecule has 1 aromatic carbocycles. The van der Waals surface area contributed by atoms with Crippen molar-refractivity contribution in [2.45, 2.75) is 39.4 Å². The second kappa shape index (κ2) is 8.97. The number of piperazine rings is 1. The van der Waals surface area contributed by atoms with Crippen LogP contribution in [-0.2, 0) is 16.1 Å². The lowest BCUT2D eigenvalue weighted by Crippen LogP contribution is -2.63.